The van der Waals surface area contributed by atoms with Crippen molar-refractivity contribution in [2.75, 3.05) is 11.5 Å². The van der Waals surface area contributed by atoms with Crippen LogP contribution in [0.3, 0.4) is 0 Å². The molecular weight excluding hydrogens is 865 g/mol. The van der Waals surface area contributed by atoms with E-state index in [0.29, 0.717) is 18.1 Å². The Hall–Kier alpha value is -6.40. The first-order valence-corrected chi connectivity index (χ1v) is 20.7. The first-order chi connectivity index (χ1) is 27.7. The van der Waals surface area contributed by atoms with Gasteiger partial charge in [-0.1, -0.05) is 9.90 Å². The first kappa shape index (κ1) is 42.2. The molecule has 306 valence electrons. The maximum Gasteiger partial charge on any atom is 0.296 e. The first-order valence-electron chi connectivity index (χ1n) is 15.6. The predicted molar refractivity (Wildman–Crippen MR) is 207 cm³/mol. The number of phenolic OH excluding ortho intramolecular Hbond substituents is 2. The average Bonchev–Trinajstić information content (AvgIpc) is 3.15. The highest BCUT2D eigenvalue weighted by atomic mass is 32.2. The van der Waals surface area contributed by atoms with E-state index >= 15 is 0 Å². The largest absolute Gasteiger partial charge is 0.594 e. The zero-order valence-corrected chi connectivity index (χ0v) is 32.2. The molecule has 0 spiro atoms. The molecule has 6 rings (SSSR count). The standard InChI is InChI=1S/C32H24N8O15S4/c33-21-9-11-24(57(45,46)47)19-13-23(56-55-54-44)29(31(41)27(19)21)37-35-15-1-3-17(4-2-15)39-40(43)18-7-5-16(6-8-18)36-38-30-26(59(51,52)53)14-20-25(58(48,49)50)12-10-22(34)28(20)32(30)42/h1-14,41-42,44H,33-34H2,(H,45,46,47)(H,48,49,50)(H,51,52,53). The van der Waals surface area contributed by atoms with Gasteiger partial charge in [0, 0.05) is 39.4 Å². The van der Waals surface area contributed by atoms with E-state index in [1.54, 1.807) is 0 Å². The van der Waals surface area contributed by atoms with Gasteiger partial charge in [-0.3, -0.25) is 13.7 Å². The molecule has 59 heavy (non-hydrogen) atoms. The van der Waals surface area contributed by atoms with Crippen molar-refractivity contribution in [3.8, 4) is 11.5 Å². The van der Waals surface area contributed by atoms with Gasteiger partial charge in [-0.2, -0.15) is 35.5 Å². The summed E-state index contributed by atoms with van der Waals surface area (Å²) in [7, 11) is -14.9. The summed E-state index contributed by atoms with van der Waals surface area (Å²) in [6, 6.07) is 16.5. The number of rotatable bonds is 12. The number of nitrogens with two attached hydrogens (primary N) is 2. The number of anilines is 2. The van der Waals surface area contributed by atoms with Crippen molar-refractivity contribution in [1.82, 2.24) is 0 Å². The molecule has 0 fully saturated rings. The van der Waals surface area contributed by atoms with Gasteiger partial charge in [-0.05, 0) is 72.8 Å². The van der Waals surface area contributed by atoms with Crippen molar-refractivity contribution in [1.29, 1.82) is 0 Å². The SMILES string of the molecule is Nc1ccc(S(=O)(=O)O)c2cc(SOOO)c(N=Nc3ccc(N=[N+]([O-])c4ccc(N=Nc5c(S(=O)(=O)O)cc6c(S(=O)(=O)O)ccc(N)c6c5O)cc4)cc3)c(O)c12. The summed E-state index contributed by atoms with van der Waals surface area (Å²) < 4.78 is 106. The van der Waals surface area contributed by atoms with E-state index in [0.717, 1.165) is 30.3 Å². The molecule has 6 aromatic carbocycles. The van der Waals surface area contributed by atoms with Crippen LogP contribution in [0.4, 0.5) is 45.5 Å². The molecule has 0 bridgehead atoms. The minimum Gasteiger partial charge on any atom is -0.594 e. The molecule has 0 aliphatic heterocycles. The van der Waals surface area contributed by atoms with Crippen LogP contribution in [0.1, 0.15) is 0 Å². The lowest BCUT2D eigenvalue weighted by Gasteiger charge is -2.13. The third-order valence-corrected chi connectivity index (χ3v) is 11.4. The van der Waals surface area contributed by atoms with E-state index in [1.165, 1.54) is 48.5 Å². The number of nitrogens with zero attached hydrogens (tertiary/aromatic N) is 6. The smallest absolute Gasteiger partial charge is 0.296 e. The lowest BCUT2D eigenvalue weighted by Crippen LogP contribution is -2.04. The van der Waals surface area contributed by atoms with E-state index in [-0.39, 0.29) is 60.3 Å². The summed E-state index contributed by atoms with van der Waals surface area (Å²) in [5.74, 6) is -1.63. The number of fused-ring (bicyclic) bond motifs is 2. The van der Waals surface area contributed by atoms with Gasteiger partial charge in [0.25, 0.3) is 30.4 Å². The van der Waals surface area contributed by atoms with Crippen LogP contribution in [0.25, 0.3) is 21.5 Å². The molecule has 0 aliphatic rings. The average molecular weight is 889 g/mol. The van der Waals surface area contributed by atoms with E-state index in [1.807, 2.05) is 0 Å². The Morgan fingerprint density at radius 2 is 1.03 bits per heavy atom. The number of benzene rings is 6. The molecular formula is C32H24N8O15S4. The molecule has 0 heterocycles. The second-order valence-electron chi connectivity index (χ2n) is 11.8. The lowest BCUT2D eigenvalue weighted by molar-refractivity contribution is -0.435. The Bertz CT molecular complexity index is 3110. The summed E-state index contributed by atoms with van der Waals surface area (Å²) in [6.45, 7) is 0. The molecule has 0 atom stereocenters. The van der Waals surface area contributed by atoms with Crippen LogP contribution in [-0.4, -0.2) is 59.2 Å². The van der Waals surface area contributed by atoms with Gasteiger partial charge in [0.2, 0.25) is 5.69 Å². The van der Waals surface area contributed by atoms with Crippen molar-refractivity contribution in [3.63, 3.8) is 0 Å². The van der Waals surface area contributed by atoms with E-state index in [9.17, 15) is 54.3 Å². The van der Waals surface area contributed by atoms with E-state index < -0.39 is 73.0 Å². The van der Waals surface area contributed by atoms with Gasteiger partial charge in [-0.15, -0.1) is 14.6 Å². The maximum absolute atomic E-state index is 12.9. The Morgan fingerprint density at radius 3 is 1.53 bits per heavy atom. The molecule has 0 saturated heterocycles. The molecule has 0 aliphatic carbocycles. The molecule has 23 nitrogen and oxygen atoms in total. The van der Waals surface area contributed by atoms with Crippen LogP contribution in [-0.2, 0) is 39.7 Å². The van der Waals surface area contributed by atoms with Crippen molar-refractivity contribution >= 4 is 109 Å². The Labute approximate surface area is 335 Å². The van der Waals surface area contributed by atoms with Crippen LogP contribution >= 0.6 is 12.0 Å². The molecule has 0 saturated carbocycles. The summed E-state index contributed by atoms with van der Waals surface area (Å²) in [6.07, 6.45) is 0. The van der Waals surface area contributed by atoms with Gasteiger partial charge in [0.15, 0.2) is 11.5 Å². The molecule has 0 unspecified atom stereocenters. The van der Waals surface area contributed by atoms with Gasteiger partial charge < -0.3 is 26.9 Å². The number of nitrogen functional groups attached to an aromatic ring is 2. The van der Waals surface area contributed by atoms with E-state index in [2.05, 4.69) is 34.9 Å². The predicted octanol–water partition coefficient (Wildman–Crippen LogP) is 7.49. The summed E-state index contributed by atoms with van der Waals surface area (Å²) in [4.78, 5) is -2.34. The summed E-state index contributed by atoms with van der Waals surface area (Å²) in [5, 5.41) is 65.3. The fraction of sp³-hybridized carbons (Fsp3) is 0. The molecule has 10 N–H and O–H groups in total. The number of phenols is 2. The third-order valence-electron chi connectivity index (χ3n) is 8.06. The topological polar surface area (TPSA) is 382 Å². The lowest BCUT2D eigenvalue weighted by atomic mass is 10.1. The fourth-order valence-corrected chi connectivity index (χ4v) is 7.98. The van der Waals surface area contributed by atoms with Crippen LogP contribution in [0.5, 0.6) is 11.5 Å². The number of hydrogen-bond donors (Lipinski definition) is 8. The number of azo groups is 3. The van der Waals surface area contributed by atoms with Crippen LogP contribution in [0, 0.1) is 5.21 Å². The molecule has 0 amide bonds. The van der Waals surface area contributed by atoms with Crippen molar-refractivity contribution in [2.45, 2.75) is 19.6 Å². The van der Waals surface area contributed by atoms with Crippen LogP contribution in [0.15, 0.2) is 130 Å². The minimum atomic E-state index is -5.17. The zero-order chi connectivity index (χ0) is 43.0. The summed E-state index contributed by atoms with van der Waals surface area (Å²) >= 11 is 0.311. The minimum absolute atomic E-state index is 0.00771. The summed E-state index contributed by atoms with van der Waals surface area (Å²) in [5.41, 5.74) is 10.7. The number of hydrogen-bond acceptors (Lipinski definition) is 20. The molecule has 0 radical (unpaired) electrons. The number of aromatic hydroxyl groups is 2. The van der Waals surface area contributed by atoms with Crippen molar-refractivity contribution in [2.24, 2.45) is 25.6 Å². The Morgan fingerprint density at radius 1 is 0.593 bits per heavy atom. The monoisotopic (exact) mass is 888 g/mol. The second kappa shape index (κ2) is 16.1. The maximum atomic E-state index is 12.9. The Kier molecular flexibility index (Phi) is 11.5. The highest BCUT2D eigenvalue weighted by Gasteiger charge is 2.27. The normalized spacial score (nSPS) is 13.0. The molecule has 0 aromatic heterocycles. The van der Waals surface area contributed by atoms with Crippen molar-refractivity contribution in [3.05, 3.63) is 90.1 Å². The fourth-order valence-electron chi connectivity index (χ4n) is 5.48. The van der Waals surface area contributed by atoms with Crippen LogP contribution in [0.2, 0.25) is 0 Å². The zero-order valence-electron chi connectivity index (χ0n) is 28.9. The van der Waals surface area contributed by atoms with E-state index in [4.69, 9.17) is 16.7 Å². The quantitative estimate of drug-likeness (QED) is 0.0112. The Balaban J connectivity index is 1.25. The molecule has 27 heteroatoms. The van der Waals surface area contributed by atoms with Crippen molar-refractivity contribution < 1.29 is 68.6 Å². The van der Waals surface area contributed by atoms with Gasteiger partial charge >= 0.3 is 0 Å². The van der Waals surface area contributed by atoms with Gasteiger partial charge in [-0.25, -0.2) is 5.26 Å². The highest BCUT2D eigenvalue weighted by molar-refractivity contribution is 7.94. The second-order valence-corrected chi connectivity index (χ2v) is 16.7. The van der Waals surface area contributed by atoms with Crippen LogP contribution < -0.4 is 11.5 Å². The van der Waals surface area contributed by atoms with Gasteiger partial charge in [0.05, 0.1) is 39.1 Å². The van der Waals surface area contributed by atoms with Gasteiger partial charge in [0.1, 0.15) is 31.7 Å². The third kappa shape index (κ3) is 8.87. The highest BCUT2D eigenvalue weighted by Crippen LogP contribution is 2.48. The molecule has 6 aromatic rings.